The average molecular weight is 269 g/mol. The van der Waals surface area contributed by atoms with Gasteiger partial charge in [0.05, 0.1) is 5.52 Å². The van der Waals surface area contributed by atoms with Crippen molar-refractivity contribution < 1.29 is 0 Å². The lowest BCUT2D eigenvalue weighted by atomic mass is 9.84. The topological polar surface area (TPSA) is 42.1 Å². The van der Waals surface area contributed by atoms with Gasteiger partial charge in [0.2, 0.25) is 0 Å². The Balaban J connectivity index is 2.12. The molecule has 3 nitrogen and oxygen atoms in total. The van der Waals surface area contributed by atoms with Gasteiger partial charge < -0.3 is 10.6 Å². The molecule has 1 aliphatic heterocycles. The highest BCUT2D eigenvalue weighted by molar-refractivity contribution is 5.94. The molecule has 0 amide bonds. The van der Waals surface area contributed by atoms with Crippen LogP contribution >= 0.6 is 0 Å². The maximum Gasteiger partial charge on any atom is 0.0727 e. The molecule has 2 aromatic rings. The third-order valence-electron chi connectivity index (χ3n) is 4.18. The molecule has 1 fully saturated rings. The number of hydrogen-bond acceptors (Lipinski definition) is 3. The Hall–Kier alpha value is -1.77. The second-order valence-electron chi connectivity index (χ2n) is 6.75. The maximum absolute atomic E-state index is 5.97. The van der Waals surface area contributed by atoms with E-state index < -0.39 is 0 Å². The first-order chi connectivity index (χ1) is 9.44. The fourth-order valence-corrected chi connectivity index (χ4v) is 3.24. The van der Waals surface area contributed by atoms with Crippen LogP contribution in [-0.2, 0) is 0 Å². The van der Waals surface area contributed by atoms with Gasteiger partial charge in [-0.2, -0.15) is 0 Å². The first kappa shape index (κ1) is 13.2. The standard InChI is InChI=1S/C17H23N3/c1-12-9-16(20-8-4-7-17(2,3)11-20)14-10-13(18)5-6-15(14)19-12/h5-6,9-10H,4,7-8,11,18H2,1-3H3. The summed E-state index contributed by atoms with van der Waals surface area (Å²) in [7, 11) is 0. The van der Waals surface area contributed by atoms with Crippen LogP contribution in [0.15, 0.2) is 24.3 Å². The molecule has 106 valence electrons. The lowest BCUT2D eigenvalue weighted by Crippen LogP contribution is -2.40. The Bertz CT molecular complexity index is 646. The predicted octanol–water partition coefficient (Wildman–Crippen LogP) is 3.75. The predicted molar refractivity (Wildman–Crippen MR) is 86.1 cm³/mol. The van der Waals surface area contributed by atoms with Crippen molar-refractivity contribution in [1.82, 2.24) is 4.98 Å². The average Bonchev–Trinajstić information content (AvgIpc) is 2.37. The van der Waals surface area contributed by atoms with E-state index >= 15 is 0 Å². The quantitative estimate of drug-likeness (QED) is 0.802. The van der Waals surface area contributed by atoms with Crippen molar-refractivity contribution in [2.75, 3.05) is 23.7 Å². The number of fused-ring (bicyclic) bond motifs is 1. The van der Waals surface area contributed by atoms with Crippen LogP contribution < -0.4 is 10.6 Å². The summed E-state index contributed by atoms with van der Waals surface area (Å²) in [5.41, 5.74) is 10.5. The van der Waals surface area contributed by atoms with Crippen molar-refractivity contribution in [2.24, 2.45) is 5.41 Å². The van der Waals surface area contributed by atoms with E-state index in [1.807, 2.05) is 12.1 Å². The molecule has 0 bridgehead atoms. The van der Waals surface area contributed by atoms with E-state index in [9.17, 15) is 0 Å². The van der Waals surface area contributed by atoms with Crippen LogP contribution in [0.3, 0.4) is 0 Å². The van der Waals surface area contributed by atoms with Crippen LogP contribution in [0.5, 0.6) is 0 Å². The molecule has 3 rings (SSSR count). The summed E-state index contributed by atoms with van der Waals surface area (Å²) in [6.07, 6.45) is 2.55. The molecule has 0 spiro atoms. The zero-order chi connectivity index (χ0) is 14.3. The second-order valence-corrected chi connectivity index (χ2v) is 6.75. The lowest BCUT2D eigenvalue weighted by Gasteiger charge is -2.40. The van der Waals surface area contributed by atoms with Gasteiger partial charge in [-0.3, -0.25) is 4.98 Å². The maximum atomic E-state index is 5.97. The minimum Gasteiger partial charge on any atom is -0.399 e. The molecule has 1 aliphatic rings. The van der Waals surface area contributed by atoms with E-state index in [1.165, 1.54) is 23.9 Å². The summed E-state index contributed by atoms with van der Waals surface area (Å²) in [6, 6.07) is 8.21. The first-order valence-corrected chi connectivity index (χ1v) is 7.36. The van der Waals surface area contributed by atoms with Crippen LogP contribution in [0.25, 0.3) is 10.9 Å². The molecule has 3 heteroatoms. The highest BCUT2D eigenvalue weighted by Crippen LogP contribution is 2.35. The van der Waals surface area contributed by atoms with Gasteiger partial charge in [-0.05, 0) is 49.4 Å². The van der Waals surface area contributed by atoms with Gasteiger partial charge in [0.15, 0.2) is 0 Å². The second kappa shape index (κ2) is 4.65. The summed E-state index contributed by atoms with van der Waals surface area (Å²) < 4.78 is 0. The van der Waals surface area contributed by atoms with Crippen molar-refractivity contribution in [2.45, 2.75) is 33.6 Å². The number of hydrogen-bond donors (Lipinski definition) is 1. The van der Waals surface area contributed by atoms with Gasteiger partial charge >= 0.3 is 0 Å². The molecule has 0 radical (unpaired) electrons. The van der Waals surface area contributed by atoms with Crippen molar-refractivity contribution >= 4 is 22.3 Å². The van der Waals surface area contributed by atoms with Crippen LogP contribution in [0, 0.1) is 12.3 Å². The van der Waals surface area contributed by atoms with E-state index in [-0.39, 0.29) is 0 Å². The Morgan fingerprint density at radius 2 is 2.05 bits per heavy atom. The molecule has 2 heterocycles. The summed E-state index contributed by atoms with van der Waals surface area (Å²) in [5, 5.41) is 1.17. The van der Waals surface area contributed by atoms with Crippen LogP contribution in [0.1, 0.15) is 32.4 Å². The number of pyridine rings is 1. The van der Waals surface area contributed by atoms with E-state index in [1.54, 1.807) is 0 Å². The molecule has 0 aliphatic carbocycles. The van der Waals surface area contributed by atoms with Gasteiger partial charge in [0, 0.05) is 35.5 Å². The third-order valence-corrected chi connectivity index (χ3v) is 4.18. The molecule has 1 aromatic heterocycles. The van der Waals surface area contributed by atoms with E-state index in [0.717, 1.165) is 30.0 Å². The van der Waals surface area contributed by atoms with Gasteiger partial charge in [-0.1, -0.05) is 13.8 Å². The SMILES string of the molecule is Cc1cc(N2CCCC(C)(C)C2)c2cc(N)ccc2n1. The highest BCUT2D eigenvalue weighted by Gasteiger charge is 2.27. The molecule has 0 saturated carbocycles. The van der Waals surface area contributed by atoms with E-state index in [0.29, 0.717) is 5.41 Å². The summed E-state index contributed by atoms with van der Waals surface area (Å²) in [4.78, 5) is 7.13. The van der Waals surface area contributed by atoms with Gasteiger partial charge in [-0.15, -0.1) is 0 Å². The third kappa shape index (κ3) is 2.45. The fraction of sp³-hybridized carbons (Fsp3) is 0.471. The summed E-state index contributed by atoms with van der Waals surface area (Å²) >= 11 is 0. The van der Waals surface area contributed by atoms with Gasteiger partial charge in [0.1, 0.15) is 0 Å². The van der Waals surface area contributed by atoms with Crippen molar-refractivity contribution in [3.05, 3.63) is 30.0 Å². The molecule has 2 N–H and O–H groups in total. The fourth-order valence-electron chi connectivity index (χ4n) is 3.24. The normalized spacial score (nSPS) is 18.4. The number of nitrogen functional groups attached to an aromatic ring is 1. The highest BCUT2D eigenvalue weighted by atomic mass is 15.1. The lowest BCUT2D eigenvalue weighted by molar-refractivity contribution is 0.293. The Labute approximate surface area is 120 Å². The molecular weight excluding hydrogens is 246 g/mol. The van der Waals surface area contributed by atoms with Crippen LogP contribution in [-0.4, -0.2) is 18.1 Å². The number of aryl methyl sites for hydroxylation is 1. The minimum absolute atomic E-state index is 0.377. The molecular formula is C17H23N3. The summed E-state index contributed by atoms with van der Waals surface area (Å²) in [6.45, 7) is 8.99. The Morgan fingerprint density at radius 1 is 1.25 bits per heavy atom. The monoisotopic (exact) mass is 269 g/mol. The largest absolute Gasteiger partial charge is 0.399 e. The summed E-state index contributed by atoms with van der Waals surface area (Å²) in [5.74, 6) is 0. The number of benzene rings is 1. The van der Waals surface area contributed by atoms with Crippen molar-refractivity contribution in [3.8, 4) is 0 Å². The van der Waals surface area contributed by atoms with Crippen LogP contribution in [0.2, 0.25) is 0 Å². The van der Waals surface area contributed by atoms with Gasteiger partial charge in [0.25, 0.3) is 0 Å². The number of nitrogens with two attached hydrogens (primary N) is 1. The molecule has 0 unspecified atom stereocenters. The molecule has 1 saturated heterocycles. The van der Waals surface area contributed by atoms with Crippen molar-refractivity contribution in [1.29, 1.82) is 0 Å². The van der Waals surface area contributed by atoms with Gasteiger partial charge in [-0.25, -0.2) is 0 Å². The van der Waals surface area contributed by atoms with Crippen LogP contribution in [0.4, 0.5) is 11.4 Å². The number of nitrogens with zero attached hydrogens (tertiary/aromatic N) is 2. The number of anilines is 2. The zero-order valence-electron chi connectivity index (χ0n) is 12.6. The van der Waals surface area contributed by atoms with Crippen molar-refractivity contribution in [3.63, 3.8) is 0 Å². The number of rotatable bonds is 1. The molecule has 0 atom stereocenters. The molecule has 1 aromatic carbocycles. The number of piperidine rings is 1. The minimum atomic E-state index is 0.377. The van der Waals surface area contributed by atoms with E-state index in [2.05, 4.69) is 42.8 Å². The Morgan fingerprint density at radius 3 is 2.80 bits per heavy atom. The molecule has 20 heavy (non-hydrogen) atoms. The Kier molecular flexibility index (Phi) is 3.08. The number of aromatic nitrogens is 1. The first-order valence-electron chi connectivity index (χ1n) is 7.36. The van der Waals surface area contributed by atoms with E-state index in [4.69, 9.17) is 5.73 Å². The smallest absolute Gasteiger partial charge is 0.0727 e. The zero-order valence-corrected chi connectivity index (χ0v) is 12.6.